The maximum atomic E-state index is 12.5. The molecule has 9 heteroatoms. The molecule has 0 spiro atoms. The average Bonchev–Trinajstić information content (AvgIpc) is 2.81. The van der Waals surface area contributed by atoms with E-state index in [0.717, 1.165) is 55.4 Å². The number of morpholine rings is 1. The summed E-state index contributed by atoms with van der Waals surface area (Å²) >= 11 is 0. The molecule has 1 aliphatic rings. The first-order valence-corrected chi connectivity index (χ1v) is 13.0. The minimum atomic E-state index is -3.63. The first kappa shape index (κ1) is 25.0. The molecule has 1 amide bonds. The molecular weight excluding hydrogens is 442 g/mol. The highest BCUT2D eigenvalue weighted by Crippen LogP contribution is 2.21. The lowest BCUT2D eigenvalue weighted by Gasteiger charge is -2.26. The van der Waals surface area contributed by atoms with E-state index >= 15 is 0 Å². The Labute approximate surface area is 196 Å². The van der Waals surface area contributed by atoms with Crippen molar-refractivity contribution >= 4 is 21.6 Å². The van der Waals surface area contributed by atoms with Crippen molar-refractivity contribution in [2.24, 2.45) is 0 Å². The summed E-state index contributed by atoms with van der Waals surface area (Å²) in [5.41, 5.74) is 2.59. The molecule has 0 aromatic heterocycles. The van der Waals surface area contributed by atoms with Crippen LogP contribution >= 0.6 is 0 Å². The van der Waals surface area contributed by atoms with Gasteiger partial charge in [-0.3, -0.25) is 14.0 Å². The maximum Gasteiger partial charge on any atom is 0.241 e. The molecule has 2 aromatic carbocycles. The number of nitrogens with one attached hydrogen (secondary N) is 1. The Morgan fingerprint density at radius 3 is 2.30 bits per heavy atom. The predicted octanol–water partition coefficient (Wildman–Crippen LogP) is 2.39. The van der Waals surface area contributed by atoms with Crippen LogP contribution in [-0.2, 0) is 32.6 Å². The average molecular weight is 476 g/mol. The molecule has 1 heterocycles. The van der Waals surface area contributed by atoms with Gasteiger partial charge in [0.05, 0.1) is 31.8 Å². The van der Waals surface area contributed by atoms with E-state index in [1.165, 1.54) is 5.56 Å². The zero-order valence-electron chi connectivity index (χ0n) is 19.3. The summed E-state index contributed by atoms with van der Waals surface area (Å²) in [7, 11) is -3.63. The summed E-state index contributed by atoms with van der Waals surface area (Å²) in [6.07, 6.45) is 1.98. The highest BCUT2D eigenvalue weighted by molar-refractivity contribution is 7.92. The van der Waals surface area contributed by atoms with Crippen molar-refractivity contribution in [1.82, 2.24) is 10.2 Å². The minimum absolute atomic E-state index is 0.289. The summed E-state index contributed by atoms with van der Waals surface area (Å²) in [6.45, 7) is 6.93. The first-order chi connectivity index (χ1) is 15.8. The molecule has 0 radical (unpaired) electrons. The number of rotatable bonds is 11. The monoisotopic (exact) mass is 475 g/mol. The Morgan fingerprint density at radius 2 is 1.70 bits per heavy atom. The molecule has 1 fully saturated rings. The van der Waals surface area contributed by atoms with Gasteiger partial charge in [-0.15, -0.1) is 0 Å². The van der Waals surface area contributed by atoms with Crippen LogP contribution < -0.4 is 14.4 Å². The fraction of sp³-hybridized carbons (Fsp3) is 0.458. The van der Waals surface area contributed by atoms with Crippen LogP contribution in [0.25, 0.3) is 0 Å². The number of ether oxygens (including phenoxy) is 2. The molecule has 0 atom stereocenters. The summed E-state index contributed by atoms with van der Waals surface area (Å²) < 4.78 is 36.6. The van der Waals surface area contributed by atoms with Crippen LogP contribution in [0.2, 0.25) is 0 Å². The Balaban J connectivity index is 1.54. The maximum absolute atomic E-state index is 12.5. The lowest BCUT2D eigenvalue weighted by Crippen LogP contribution is -2.40. The predicted molar refractivity (Wildman–Crippen MR) is 129 cm³/mol. The van der Waals surface area contributed by atoms with E-state index in [2.05, 4.69) is 22.3 Å². The Hall–Kier alpha value is -2.62. The van der Waals surface area contributed by atoms with Crippen molar-refractivity contribution in [3.63, 3.8) is 0 Å². The number of hydrogen-bond acceptors (Lipinski definition) is 6. The van der Waals surface area contributed by atoms with E-state index in [9.17, 15) is 13.2 Å². The number of benzene rings is 2. The summed E-state index contributed by atoms with van der Waals surface area (Å²) in [5.74, 6) is 0.291. The number of sulfonamides is 1. The standard InChI is InChI=1S/C24H33N3O5S/c1-3-14-32-23-10-8-22(9-11-23)27(33(2,29)30)19-24(28)25-17-20-4-6-21(7-5-20)18-26-12-15-31-16-13-26/h4-11H,3,12-19H2,1-2H3,(H,25,28). The number of amides is 1. The van der Waals surface area contributed by atoms with Gasteiger partial charge in [0.2, 0.25) is 15.9 Å². The zero-order valence-corrected chi connectivity index (χ0v) is 20.1. The second kappa shape index (κ2) is 12.0. The van der Waals surface area contributed by atoms with Gasteiger partial charge in [-0.05, 0) is 41.8 Å². The van der Waals surface area contributed by atoms with Crippen molar-refractivity contribution in [3.05, 3.63) is 59.7 Å². The van der Waals surface area contributed by atoms with Crippen molar-refractivity contribution in [2.75, 3.05) is 50.0 Å². The van der Waals surface area contributed by atoms with E-state index in [4.69, 9.17) is 9.47 Å². The number of hydrogen-bond donors (Lipinski definition) is 1. The molecule has 2 aromatic rings. The lowest BCUT2D eigenvalue weighted by atomic mass is 10.1. The minimum Gasteiger partial charge on any atom is -0.494 e. The molecule has 180 valence electrons. The molecule has 0 aliphatic carbocycles. The number of nitrogens with zero attached hydrogens (tertiary/aromatic N) is 2. The van der Waals surface area contributed by atoms with E-state index in [1.54, 1.807) is 24.3 Å². The summed E-state index contributed by atoms with van der Waals surface area (Å²) in [5, 5.41) is 2.81. The number of anilines is 1. The third-order valence-electron chi connectivity index (χ3n) is 5.31. The highest BCUT2D eigenvalue weighted by Gasteiger charge is 2.21. The van der Waals surface area contributed by atoms with Gasteiger partial charge in [0.25, 0.3) is 0 Å². The van der Waals surface area contributed by atoms with Crippen molar-refractivity contribution in [2.45, 2.75) is 26.4 Å². The Morgan fingerprint density at radius 1 is 1.06 bits per heavy atom. The van der Waals surface area contributed by atoms with Crippen LogP contribution in [0.15, 0.2) is 48.5 Å². The zero-order chi connectivity index (χ0) is 23.7. The van der Waals surface area contributed by atoms with Gasteiger partial charge in [-0.25, -0.2) is 8.42 Å². The van der Waals surface area contributed by atoms with Crippen LogP contribution in [-0.4, -0.2) is 64.9 Å². The molecule has 8 nitrogen and oxygen atoms in total. The molecule has 3 rings (SSSR count). The molecule has 33 heavy (non-hydrogen) atoms. The van der Waals surface area contributed by atoms with E-state index in [-0.39, 0.29) is 12.5 Å². The largest absolute Gasteiger partial charge is 0.494 e. The van der Waals surface area contributed by atoms with Gasteiger partial charge in [-0.2, -0.15) is 0 Å². The second-order valence-corrected chi connectivity index (χ2v) is 10.0. The molecular formula is C24H33N3O5S. The number of carbonyl (C=O) groups excluding carboxylic acids is 1. The van der Waals surface area contributed by atoms with Gasteiger partial charge < -0.3 is 14.8 Å². The topological polar surface area (TPSA) is 88.2 Å². The van der Waals surface area contributed by atoms with Crippen molar-refractivity contribution in [3.8, 4) is 5.75 Å². The Kier molecular flexibility index (Phi) is 9.11. The highest BCUT2D eigenvalue weighted by atomic mass is 32.2. The van der Waals surface area contributed by atoms with E-state index in [0.29, 0.717) is 24.6 Å². The fourth-order valence-electron chi connectivity index (χ4n) is 3.50. The molecule has 0 bridgehead atoms. The third kappa shape index (κ3) is 8.03. The van der Waals surface area contributed by atoms with Crippen molar-refractivity contribution < 1.29 is 22.7 Å². The van der Waals surface area contributed by atoms with Crippen LogP contribution in [0.4, 0.5) is 5.69 Å². The molecule has 0 saturated carbocycles. The third-order valence-corrected chi connectivity index (χ3v) is 6.45. The molecule has 1 saturated heterocycles. The number of carbonyl (C=O) groups is 1. The lowest BCUT2D eigenvalue weighted by molar-refractivity contribution is -0.119. The SMILES string of the molecule is CCCOc1ccc(N(CC(=O)NCc2ccc(CN3CCOCC3)cc2)S(C)(=O)=O)cc1. The van der Waals surface area contributed by atoms with Crippen LogP contribution in [0.3, 0.4) is 0 Å². The van der Waals surface area contributed by atoms with Gasteiger partial charge in [0.1, 0.15) is 12.3 Å². The smallest absolute Gasteiger partial charge is 0.241 e. The quantitative estimate of drug-likeness (QED) is 0.537. The molecule has 1 aliphatic heterocycles. The van der Waals surface area contributed by atoms with Crippen LogP contribution in [0.1, 0.15) is 24.5 Å². The first-order valence-electron chi connectivity index (χ1n) is 11.2. The van der Waals surface area contributed by atoms with Gasteiger partial charge in [-0.1, -0.05) is 31.2 Å². The van der Waals surface area contributed by atoms with Gasteiger partial charge >= 0.3 is 0 Å². The van der Waals surface area contributed by atoms with Gasteiger partial charge in [0, 0.05) is 26.2 Å². The van der Waals surface area contributed by atoms with Gasteiger partial charge in [0.15, 0.2) is 0 Å². The Bertz CT molecular complexity index is 988. The summed E-state index contributed by atoms with van der Waals surface area (Å²) in [4.78, 5) is 14.9. The summed E-state index contributed by atoms with van der Waals surface area (Å²) in [6, 6.07) is 14.8. The fourth-order valence-corrected chi connectivity index (χ4v) is 4.35. The van der Waals surface area contributed by atoms with E-state index < -0.39 is 10.0 Å². The second-order valence-electron chi connectivity index (χ2n) is 8.09. The normalized spacial score (nSPS) is 14.6. The van der Waals surface area contributed by atoms with Crippen LogP contribution in [0, 0.1) is 0 Å². The van der Waals surface area contributed by atoms with Crippen molar-refractivity contribution in [1.29, 1.82) is 0 Å². The molecule has 1 N–H and O–H groups in total. The van der Waals surface area contributed by atoms with E-state index in [1.807, 2.05) is 19.1 Å². The molecule has 0 unspecified atom stereocenters. The van der Waals surface area contributed by atoms with Crippen LogP contribution in [0.5, 0.6) is 5.75 Å².